The lowest BCUT2D eigenvalue weighted by Crippen LogP contribution is -2.36. The fraction of sp³-hybridized carbons (Fsp3) is 0.345. The molecule has 0 fully saturated rings. The highest BCUT2D eigenvalue weighted by molar-refractivity contribution is 9.10. The number of benzene rings is 2. The van der Waals surface area contributed by atoms with E-state index < -0.39 is 5.60 Å². The Morgan fingerprint density at radius 1 is 1.15 bits per heavy atom. The van der Waals surface area contributed by atoms with Crippen molar-refractivity contribution < 1.29 is 23.9 Å². The number of rotatable bonds is 12. The molecule has 0 radical (unpaired) electrons. The molecule has 3 aromatic rings. The molecule has 3 rings (SSSR count). The molecule has 218 valence electrons. The van der Waals surface area contributed by atoms with E-state index >= 15 is 0 Å². The molecule has 41 heavy (non-hydrogen) atoms. The van der Waals surface area contributed by atoms with Gasteiger partial charge in [0.05, 0.1) is 24.9 Å². The van der Waals surface area contributed by atoms with Crippen LogP contribution in [0, 0.1) is 0 Å². The molecular weight excluding hydrogens is 610 g/mol. The molecule has 1 heterocycles. The molecule has 0 bridgehead atoms. The van der Waals surface area contributed by atoms with Crippen molar-refractivity contribution in [3.05, 3.63) is 59.4 Å². The first kappa shape index (κ1) is 32.0. The molecule has 0 atom stereocenters. The van der Waals surface area contributed by atoms with E-state index in [9.17, 15) is 14.4 Å². The molecule has 0 saturated carbocycles. The molecule has 2 aromatic carbocycles. The van der Waals surface area contributed by atoms with Gasteiger partial charge < -0.3 is 20.1 Å². The van der Waals surface area contributed by atoms with E-state index in [0.717, 1.165) is 10.2 Å². The number of esters is 1. The van der Waals surface area contributed by atoms with E-state index in [1.165, 1.54) is 38.2 Å². The first-order chi connectivity index (χ1) is 19.4. The third kappa shape index (κ3) is 10.8. The Kier molecular flexibility index (Phi) is 11.7. The van der Waals surface area contributed by atoms with Gasteiger partial charge in [0, 0.05) is 53.5 Å². The Hall–Kier alpha value is -3.48. The van der Waals surface area contributed by atoms with Crippen molar-refractivity contribution in [1.29, 1.82) is 0 Å². The topological polar surface area (TPSA) is 123 Å². The van der Waals surface area contributed by atoms with Gasteiger partial charge in [-0.2, -0.15) is 0 Å². The molecule has 2 N–H and O–H groups in total. The summed E-state index contributed by atoms with van der Waals surface area (Å²) >= 11 is 4.65. The average Bonchev–Trinajstić information content (AvgIpc) is 2.87. The van der Waals surface area contributed by atoms with Gasteiger partial charge >= 0.3 is 5.97 Å². The number of carbonyl (C=O) groups excluding carboxylic acids is 3. The minimum absolute atomic E-state index is 0.00173. The van der Waals surface area contributed by atoms with E-state index in [1.54, 1.807) is 39.0 Å². The molecule has 1 aromatic heterocycles. The lowest BCUT2D eigenvalue weighted by Gasteiger charge is -2.24. The summed E-state index contributed by atoms with van der Waals surface area (Å²) < 4.78 is 11.8. The van der Waals surface area contributed by atoms with E-state index in [2.05, 4.69) is 36.5 Å². The quantitative estimate of drug-likeness (QED) is 0.191. The number of carbonyl (C=O) groups is 3. The Bertz CT molecular complexity index is 1430. The summed E-state index contributed by atoms with van der Waals surface area (Å²) in [5, 5.41) is 6.84. The number of halogens is 1. The molecular formula is C29H34BrN5O5S. The van der Waals surface area contributed by atoms with E-state index in [0.29, 0.717) is 47.0 Å². The van der Waals surface area contributed by atoms with E-state index in [-0.39, 0.29) is 23.5 Å². The van der Waals surface area contributed by atoms with Gasteiger partial charge in [0.1, 0.15) is 23.5 Å². The number of thioether (sulfide) groups is 1. The first-order valence-corrected chi connectivity index (χ1v) is 14.6. The lowest BCUT2D eigenvalue weighted by atomic mass is 10.2. The summed E-state index contributed by atoms with van der Waals surface area (Å²) in [5.41, 5.74) is 1.32. The summed E-state index contributed by atoms with van der Waals surface area (Å²) in [6.07, 6.45) is 4.52. The van der Waals surface area contributed by atoms with Crippen LogP contribution < -0.4 is 15.4 Å². The predicted molar refractivity (Wildman–Crippen MR) is 167 cm³/mol. The maximum absolute atomic E-state index is 12.9. The SMILES string of the molecule is COc1cc2ncnc(Nc3cccc(Br)c3)c2cc1NC(=O)C=CCN(CCSC(C)=O)CC(=O)OC(C)(C)C. The highest BCUT2D eigenvalue weighted by atomic mass is 79.9. The molecule has 10 nitrogen and oxygen atoms in total. The van der Waals surface area contributed by atoms with Gasteiger partial charge in [0.25, 0.3) is 0 Å². The summed E-state index contributed by atoms with van der Waals surface area (Å²) in [4.78, 5) is 47.1. The highest BCUT2D eigenvalue weighted by Gasteiger charge is 2.19. The van der Waals surface area contributed by atoms with Crippen LogP contribution in [0.4, 0.5) is 17.2 Å². The number of amides is 1. The number of hydrogen-bond acceptors (Lipinski definition) is 10. The minimum Gasteiger partial charge on any atom is -0.494 e. The Labute approximate surface area is 252 Å². The second-order valence-electron chi connectivity index (χ2n) is 9.98. The van der Waals surface area contributed by atoms with Crippen molar-refractivity contribution in [3.8, 4) is 5.75 Å². The third-order valence-electron chi connectivity index (χ3n) is 5.42. The molecule has 0 aliphatic carbocycles. The van der Waals surface area contributed by atoms with Crippen LogP contribution in [0.25, 0.3) is 10.9 Å². The second kappa shape index (κ2) is 14.9. The van der Waals surface area contributed by atoms with Gasteiger partial charge in [0.15, 0.2) is 5.12 Å². The van der Waals surface area contributed by atoms with Crippen LogP contribution >= 0.6 is 27.7 Å². The number of hydrogen-bond donors (Lipinski definition) is 2. The number of methoxy groups -OCH3 is 1. The maximum atomic E-state index is 12.9. The molecule has 0 unspecified atom stereocenters. The van der Waals surface area contributed by atoms with Crippen LogP contribution in [-0.2, 0) is 19.1 Å². The van der Waals surface area contributed by atoms with Crippen LogP contribution in [-0.4, -0.2) is 70.0 Å². The number of fused-ring (bicyclic) bond motifs is 1. The van der Waals surface area contributed by atoms with Gasteiger partial charge in [0.2, 0.25) is 5.91 Å². The largest absolute Gasteiger partial charge is 0.494 e. The smallest absolute Gasteiger partial charge is 0.320 e. The van der Waals surface area contributed by atoms with Gasteiger partial charge in [-0.3, -0.25) is 19.3 Å². The normalized spacial score (nSPS) is 11.6. The maximum Gasteiger partial charge on any atom is 0.320 e. The summed E-state index contributed by atoms with van der Waals surface area (Å²) in [7, 11) is 1.52. The van der Waals surface area contributed by atoms with Crippen molar-refractivity contribution in [1.82, 2.24) is 14.9 Å². The Balaban J connectivity index is 1.74. The molecule has 12 heteroatoms. The van der Waals surface area contributed by atoms with Crippen LogP contribution in [0.15, 0.2) is 59.4 Å². The molecule has 0 aliphatic heterocycles. The van der Waals surface area contributed by atoms with Crippen LogP contribution in [0.1, 0.15) is 27.7 Å². The Morgan fingerprint density at radius 3 is 2.61 bits per heavy atom. The van der Waals surface area contributed by atoms with Crippen molar-refractivity contribution in [2.75, 3.05) is 43.1 Å². The highest BCUT2D eigenvalue weighted by Crippen LogP contribution is 2.33. The lowest BCUT2D eigenvalue weighted by molar-refractivity contribution is -0.155. The zero-order chi connectivity index (χ0) is 30.0. The van der Waals surface area contributed by atoms with Crippen LogP contribution in [0.2, 0.25) is 0 Å². The van der Waals surface area contributed by atoms with Crippen LogP contribution in [0.3, 0.4) is 0 Å². The number of nitrogens with one attached hydrogen (secondary N) is 2. The fourth-order valence-corrected chi connectivity index (χ4v) is 4.78. The molecule has 0 spiro atoms. The zero-order valence-corrected chi connectivity index (χ0v) is 26.1. The predicted octanol–water partition coefficient (Wildman–Crippen LogP) is 5.56. The molecule has 0 aliphatic rings. The van der Waals surface area contributed by atoms with Crippen LogP contribution in [0.5, 0.6) is 5.75 Å². The van der Waals surface area contributed by atoms with E-state index in [1.807, 2.05) is 29.2 Å². The summed E-state index contributed by atoms with van der Waals surface area (Å²) in [5.74, 6) is 0.780. The first-order valence-electron chi connectivity index (χ1n) is 12.8. The van der Waals surface area contributed by atoms with Crippen molar-refractivity contribution in [2.45, 2.75) is 33.3 Å². The standard InChI is InChI=1S/C29H34BrN5O5S/c1-19(36)41-13-12-35(17-27(38)40-29(2,3)4)11-7-10-26(37)34-24-15-22-23(16-25(24)39-5)31-18-32-28(22)33-21-9-6-8-20(30)14-21/h6-10,14-16,18H,11-13,17H2,1-5H3,(H,34,37)(H,31,32,33). The van der Waals surface area contributed by atoms with Gasteiger partial charge in [-0.25, -0.2) is 9.97 Å². The monoisotopic (exact) mass is 643 g/mol. The third-order valence-corrected chi connectivity index (χ3v) is 6.71. The van der Waals surface area contributed by atoms with Crippen molar-refractivity contribution in [3.63, 3.8) is 0 Å². The van der Waals surface area contributed by atoms with Gasteiger partial charge in [-0.1, -0.05) is 39.8 Å². The fourth-order valence-electron chi connectivity index (χ4n) is 3.75. The van der Waals surface area contributed by atoms with Crippen molar-refractivity contribution in [2.24, 2.45) is 0 Å². The number of ether oxygens (including phenoxy) is 2. The number of aromatic nitrogens is 2. The minimum atomic E-state index is -0.607. The average molecular weight is 645 g/mol. The van der Waals surface area contributed by atoms with Gasteiger partial charge in [-0.15, -0.1) is 0 Å². The van der Waals surface area contributed by atoms with Crippen molar-refractivity contribution >= 4 is 72.8 Å². The molecule has 1 amide bonds. The summed E-state index contributed by atoms with van der Waals surface area (Å²) in [6, 6.07) is 11.2. The van der Waals surface area contributed by atoms with E-state index in [4.69, 9.17) is 9.47 Å². The zero-order valence-electron chi connectivity index (χ0n) is 23.7. The number of nitrogens with zero attached hydrogens (tertiary/aromatic N) is 3. The Morgan fingerprint density at radius 2 is 1.93 bits per heavy atom. The summed E-state index contributed by atoms with van der Waals surface area (Å²) in [6.45, 7) is 7.73. The molecule has 0 saturated heterocycles. The number of anilines is 3. The second-order valence-corrected chi connectivity index (χ2v) is 12.2. The van der Waals surface area contributed by atoms with Gasteiger partial charge in [-0.05, 0) is 45.0 Å².